The van der Waals surface area contributed by atoms with Gasteiger partial charge >= 0.3 is 0 Å². The Labute approximate surface area is 109 Å². The van der Waals surface area contributed by atoms with Crippen molar-refractivity contribution in [1.29, 1.82) is 0 Å². The molecule has 1 amide bonds. The maximum atomic E-state index is 11.7. The van der Waals surface area contributed by atoms with Crippen molar-refractivity contribution >= 4 is 5.91 Å². The third kappa shape index (κ3) is 5.19. The van der Waals surface area contributed by atoms with E-state index in [2.05, 4.69) is 17.6 Å². The number of amides is 1. The van der Waals surface area contributed by atoms with Crippen LogP contribution in [-0.2, 0) is 11.2 Å². The van der Waals surface area contributed by atoms with Gasteiger partial charge in [-0.3, -0.25) is 4.79 Å². The van der Waals surface area contributed by atoms with Gasteiger partial charge in [0.2, 0.25) is 5.91 Å². The lowest BCUT2D eigenvalue weighted by Crippen LogP contribution is -2.33. The van der Waals surface area contributed by atoms with Gasteiger partial charge in [0.1, 0.15) is 5.75 Å². The van der Waals surface area contributed by atoms with Gasteiger partial charge < -0.3 is 15.4 Å². The van der Waals surface area contributed by atoms with Gasteiger partial charge in [0, 0.05) is 6.54 Å². The zero-order chi connectivity index (χ0) is 13.4. The summed E-state index contributed by atoms with van der Waals surface area (Å²) < 4.78 is 5.13. The molecule has 1 unspecified atom stereocenters. The molecule has 4 nitrogen and oxygen atoms in total. The van der Waals surface area contributed by atoms with E-state index in [4.69, 9.17) is 4.74 Å². The standard InChI is InChI=1S/C14H22N2O2/c1-11(9-15-2)10-16-14(17)8-12-5-4-6-13(7-12)18-3/h4-7,11,15H,8-10H2,1-3H3,(H,16,17). The number of methoxy groups -OCH3 is 1. The first-order valence-corrected chi connectivity index (χ1v) is 6.20. The van der Waals surface area contributed by atoms with Crippen LogP contribution in [-0.4, -0.2) is 33.2 Å². The molecule has 0 fully saturated rings. The van der Waals surface area contributed by atoms with E-state index in [-0.39, 0.29) is 5.91 Å². The van der Waals surface area contributed by atoms with E-state index < -0.39 is 0 Å². The van der Waals surface area contributed by atoms with Crippen LogP contribution in [0.25, 0.3) is 0 Å². The van der Waals surface area contributed by atoms with Gasteiger partial charge in [-0.25, -0.2) is 0 Å². The third-order valence-corrected chi connectivity index (χ3v) is 2.70. The lowest BCUT2D eigenvalue weighted by Gasteiger charge is -2.12. The Kier molecular flexibility index (Phi) is 6.22. The predicted molar refractivity (Wildman–Crippen MR) is 72.8 cm³/mol. The second kappa shape index (κ2) is 7.71. The summed E-state index contributed by atoms with van der Waals surface area (Å²) in [6.45, 7) is 3.70. The molecule has 0 saturated heterocycles. The number of rotatable bonds is 7. The lowest BCUT2D eigenvalue weighted by molar-refractivity contribution is -0.120. The number of carbonyl (C=O) groups is 1. The van der Waals surface area contributed by atoms with E-state index in [0.29, 0.717) is 18.9 Å². The molecule has 0 heterocycles. The Morgan fingerprint density at radius 2 is 2.17 bits per heavy atom. The van der Waals surface area contributed by atoms with Crippen molar-refractivity contribution in [1.82, 2.24) is 10.6 Å². The van der Waals surface area contributed by atoms with Crippen LogP contribution in [0, 0.1) is 5.92 Å². The molecule has 18 heavy (non-hydrogen) atoms. The average Bonchev–Trinajstić information content (AvgIpc) is 2.37. The van der Waals surface area contributed by atoms with Gasteiger partial charge in [-0.1, -0.05) is 19.1 Å². The normalized spacial score (nSPS) is 11.9. The van der Waals surface area contributed by atoms with Crippen LogP contribution in [0.15, 0.2) is 24.3 Å². The molecule has 0 saturated carbocycles. The van der Waals surface area contributed by atoms with Gasteiger partial charge in [0.25, 0.3) is 0 Å². The molecular weight excluding hydrogens is 228 g/mol. The minimum Gasteiger partial charge on any atom is -0.497 e. The number of nitrogens with one attached hydrogen (secondary N) is 2. The van der Waals surface area contributed by atoms with Crippen LogP contribution in [0.2, 0.25) is 0 Å². The molecule has 0 aliphatic carbocycles. The second-order valence-electron chi connectivity index (χ2n) is 4.50. The summed E-state index contributed by atoms with van der Waals surface area (Å²) in [6.07, 6.45) is 0.392. The Morgan fingerprint density at radius 1 is 1.39 bits per heavy atom. The van der Waals surface area contributed by atoms with E-state index >= 15 is 0 Å². The van der Waals surface area contributed by atoms with E-state index in [1.165, 1.54) is 0 Å². The van der Waals surface area contributed by atoms with E-state index in [1.54, 1.807) is 7.11 Å². The summed E-state index contributed by atoms with van der Waals surface area (Å²) in [7, 11) is 3.53. The SMILES string of the molecule is CNCC(C)CNC(=O)Cc1cccc(OC)c1. The largest absolute Gasteiger partial charge is 0.497 e. The first kappa shape index (κ1) is 14.5. The fourth-order valence-electron chi connectivity index (χ4n) is 1.74. The molecule has 0 radical (unpaired) electrons. The molecule has 1 aromatic rings. The van der Waals surface area contributed by atoms with Crippen LogP contribution >= 0.6 is 0 Å². The molecule has 0 aliphatic heterocycles. The number of hydrogen-bond acceptors (Lipinski definition) is 3. The predicted octanol–water partition coefficient (Wildman–Crippen LogP) is 1.21. The van der Waals surface area contributed by atoms with Crippen LogP contribution in [0.4, 0.5) is 0 Å². The Morgan fingerprint density at radius 3 is 2.83 bits per heavy atom. The van der Waals surface area contributed by atoms with Crippen LogP contribution in [0.5, 0.6) is 5.75 Å². The molecule has 100 valence electrons. The lowest BCUT2D eigenvalue weighted by atomic mass is 10.1. The fraction of sp³-hybridized carbons (Fsp3) is 0.500. The Balaban J connectivity index is 2.39. The van der Waals surface area contributed by atoms with E-state index in [1.807, 2.05) is 31.3 Å². The van der Waals surface area contributed by atoms with Gasteiger partial charge in [-0.15, -0.1) is 0 Å². The molecular formula is C14H22N2O2. The molecule has 1 rings (SSSR count). The third-order valence-electron chi connectivity index (χ3n) is 2.70. The number of hydrogen-bond donors (Lipinski definition) is 2. The summed E-state index contributed by atoms with van der Waals surface area (Å²) >= 11 is 0. The fourth-order valence-corrected chi connectivity index (χ4v) is 1.74. The molecule has 2 N–H and O–H groups in total. The molecule has 4 heteroatoms. The molecule has 0 bridgehead atoms. The summed E-state index contributed by atoms with van der Waals surface area (Å²) in [4.78, 5) is 11.7. The molecule has 1 atom stereocenters. The van der Waals surface area contributed by atoms with E-state index in [9.17, 15) is 4.79 Å². The maximum Gasteiger partial charge on any atom is 0.224 e. The van der Waals surface area contributed by atoms with Crippen molar-refractivity contribution in [3.05, 3.63) is 29.8 Å². The quantitative estimate of drug-likeness (QED) is 0.765. The highest BCUT2D eigenvalue weighted by Crippen LogP contribution is 2.12. The number of carbonyl (C=O) groups excluding carboxylic acids is 1. The van der Waals surface area contributed by atoms with Crippen molar-refractivity contribution in [2.24, 2.45) is 5.92 Å². The molecule has 0 aliphatic rings. The highest BCUT2D eigenvalue weighted by Gasteiger charge is 2.06. The summed E-state index contributed by atoms with van der Waals surface area (Å²) in [5.74, 6) is 1.26. The van der Waals surface area contributed by atoms with Gasteiger partial charge in [-0.2, -0.15) is 0 Å². The minimum absolute atomic E-state index is 0.0474. The summed E-state index contributed by atoms with van der Waals surface area (Å²) in [5, 5.41) is 6.02. The van der Waals surface area contributed by atoms with Crippen LogP contribution < -0.4 is 15.4 Å². The van der Waals surface area contributed by atoms with Crippen molar-refractivity contribution < 1.29 is 9.53 Å². The van der Waals surface area contributed by atoms with Gasteiger partial charge in [-0.05, 0) is 37.2 Å². The molecule has 1 aromatic carbocycles. The van der Waals surface area contributed by atoms with Crippen LogP contribution in [0.3, 0.4) is 0 Å². The maximum absolute atomic E-state index is 11.7. The topological polar surface area (TPSA) is 50.4 Å². The number of benzene rings is 1. The highest BCUT2D eigenvalue weighted by atomic mass is 16.5. The van der Waals surface area contributed by atoms with Crippen molar-refractivity contribution in [3.63, 3.8) is 0 Å². The van der Waals surface area contributed by atoms with Crippen molar-refractivity contribution in [2.45, 2.75) is 13.3 Å². The zero-order valence-corrected chi connectivity index (χ0v) is 11.3. The second-order valence-corrected chi connectivity index (χ2v) is 4.50. The molecule has 0 aromatic heterocycles. The summed E-state index contributed by atoms with van der Waals surface area (Å²) in [5.41, 5.74) is 0.966. The summed E-state index contributed by atoms with van der Waals surface area (Å²) in [6, 6.07) is 7.58. The van der Waals surface area contributed by atoms with Gasteiger partial charge in [0.15, 0.2) is 0 Å². The first-order valence-electron chi connectivity index (χ1n) is 6.20. The van der Waals surface area contributed by atoms with Crippen molar-refractivity contribution in [3.8, 4) is 5.75 Å². The highest BCUT2D eigenvalue weighted by molar-refractivity contribution is 5.78. The van der Waals surface area contributed by atoms with E-state index in [0.717, 1.165) is 17.9 Å². The minimum atomic E-state index is 0.0474. The van der Waals surface area contributed by atoms with Gasteiger partial charge in [0.05, 0.1) is 13.5 Å². The number of ether oxygens (including phenoxy) is 1. The monoisotopic (exact) mass is 250 g/mol. The first-order chi connectivity index (χ1) is 8.65. The zero-order valence-electron chi connectivity index (χ0n) is 11.3. The Bertz CT molecular complexity index is 380. The Hall–Kier alpha value is -1.55. The van der Waals surface area contributed by atoms with Crippen LogP contribution in [0.1, 0.15) is 12.5 Å². The average molecular weight is 250 g/mol. The van der Waals surface area contributed by atoms with Crippen molar-refractivity contribution in [2.75, 3.05) is 27.2 Å². The smallest absolute Gasteiger partial charge is 0.224 e. The molecule has 0 spiro atoms.